The summed E-state index contributed by atoms with van der Waals surface area (Å²) in [5.74, 6) is -0.691. The third kappa shape index (κ3) is 3.32. The van der Waals surface area contributed by atoms with Gasteiger partial charge in [0.25, 0.3) is 0 Å². The maximum Gasteiger partial charge on any atom is 0.327 e. The van der Waals surface area contributed by atoms with E-state index in [2.05, 4.69) is 5.32 Å². The lowest BCUT2D eigenvalue weighted by Crippen LogP contribution is -2.36. The number of methoxy groups -OCH3 is 1. The number of ether oxygens (including phenoxy) is 1. The Kier molecular flexibility index (Phi) is 4.53. The van der Waals surface area contributed by atoms with Crippen LogP contribution in [0.15, 0.2) is 18.2 Å². The van der Waals surface area contributed by atoms with Gasteiger partial charge in [0.05, 0.1) is 7.11 Å². The topological polar surface area (TPSA) is 38.3 Å². The molecular formula is C15H20FNO2. The molecule has 0 heterocycles. The van der Waals surface area contributed by atoms with E-state index in [1.807, 2.05) is 6.92 Å². The molecule has 0 aliphatic heterocycles. The van der Waals surface area contributed by atoms with Gasteiger partial charge in [-0.15, -0.1) is 0 Å². The first-order valence-corrected chi connectivity index (χ1v) is 6.71. The Morgan fingerprint density at radius 1 is 1.42 bits per heavy atom. The second kappa shape index (κ2) is 6.15. The van der Waals surface area contributed by atoms with Crippen LogP contribution in [0.25, 0.3) is 0 Å². The standard InChI is InChI=1S/C15H20FNO2/c1-10-7-8-11(16)9-13(10)14(15(18)19-2)17-12-5-3-4-6-12/h7-9,12,14,17H,3-6H2,1-2H3. The van der Waals surface area contributed by atoms with Crippen molar-refractivity contribution in [1.29, 1.82) is 0 Å². The van der Waals surface area contributed by atoms with Gasteiger partial charge in [-0.25, -0.2) is 9.18 Å². The van der Waals surface area contributed by atoms with E-state index in [0.717, 1.165) is 18.4 Å². The smallest absolute Gasteiger partial charge is 0.327 e. The molecule has 1 aromatic carbocycles. The van der Waals surface area contributed by atoms with Gasteiger partial charge in [0, 0.05) is 6.04 Å². The van der Waals surface area contributed by atoms with Gasteiger partial charge in [0.15, 0.2) is 0 Å². The lowest BCUT2D eigenvalue weighted by atomic mass is 10.00. The first-order valence-electron chi connectivity index (χ1n) is 6.71. The molecule has 0 bridgehead atoms. The number of carbonyl (C=O) groups is 1. The number of hydrogen-bond acceptors (Lipinski definition) is 3. The molecule has 1 fully saturated rings. The summed E-state index contributed by atoms with van der Waals surface area (Å²) in [6.07, 6.45) is 4.46. The molecular weight excluding hydrogens is 245 g/mol. The Morgan fingerprint density at radius 2 is 2.11 bits per heavy atom. The molecule has 3 nitrogen and oxygen atoms in total. The Hall–Kier alpha value is -1.42. The molecule has 0 aromatic heterocycles. The van der Waals surface area contributed by atoms with E-state index in [4.69, 9.17) is 4.74 Å². The molecule has 1 unspecified atom stereocenters. The molecule has 0 saturated heterocycles. The van der Waals surface area contributed by atoms with Crippen LogP contribution in [0.1, 0.15) is 42.9 Å². The number of esters is 1. The number of nitrogens with one attached hydrogen (secondary N) is 1. The van der Waals surface area contributed by atoms with Crippen molar-refractivity contribution in [3.05, 3.63) is 35.1 Å². The summed E-state index contributed by atoms with van der Waals surface area (Å²) in [6.45, 7) is 1.88. The lowest BCUT2D eigenvalue weighted by Gasteiger charge is -2.22. The van der Waals surface area contributed by atoms with Crippen molar-refractivity contribution in [1.82, 2.24) is 5.32 Å². The van der Waals surface area contributed by atoms with Gasteiger partial charge in [-0.1, -0.05) is 18.9 Å². The molecule has 1 aromatic rings. The number of rotatable bonds is 4. The van der Waals surface area contributed by atoms with Crippen LogP contribution in [0.4, 0.5) is 4.39 Å². The van der Waals surface area contributed by atoms with Crippen LogP contribution in [-0.4, -0.2) is 19.1 Å². The fourth-order valence-corrected chi connectivity index (χ4v) is 2.65. The Balaban J connectivity index is 2.25. The van der Waals surface area contributed by atoms with Crippen molar-refractivity contribution in [2.24, 2.45) is 0 Å². The van der Waals surface area contributed by atoms with E-state index < -0.39 is 6.04 Å². The average molecular weight is 265 g/mol. The van der Waals surface area contributed by atoms with Crippen LogP contribution < -0.4 is 5.32 Å². The first-order chi connectivity index (χ1) is 9.11. The van der Waals surface area contributed by atoms with Gasteiger partial charge >= 0.3 is 5.97 Å². The summed E-state index contributed by atoms with van der Waals surface area (Å²) in [7, 11) is 1.36. The van der Waals surface area contributed by atoms with Gasteiger partial charge in [-0.3, -0.25) is 5.32 Å². The molecule has 0 amide bonds. The van der Waals surface area contributed by atoms with Crippen LogP contribution in [0, 0.1) is 12.7 Å². The van der Waals surface area contributed by atoms with Crippen molar-refractivity contribution in [3.8, 4) is 0 Å². The third-order valence-electron chi connectivity index (χ3n) is 3.75. The van der Waals surface area contributed by atoms with Gasteiger partial charge in [-0.2, -0.15) is 0 Å². The minimum Gasteiger partial charge on any atom is -0.468 e. The highest BCUT2D eigenvalue weighted by Crippen LogP contribution is 2.25. The molecule has 1 atom stereocenters. The minimum atomic E-state index is -0.580. The molecule has 1 saturated carbocycles. The summed E-state index contributed by atoms with van der Waals surface area (Å²) in [5.41, 5.74) is 1.56. The summed E-state index contributed by atoms with van der Waals surface area (Å²) >= 11 is 0. The number of carbonyl (C=O) groups excluding carboxylic acids is 1. The molecule has 19 heavy (non-hydrogen) atoms. The highest BCUT2D eigenvalue weighted by atomic mass is 19.1. The number of benzene rings is 1. The van der Waals surface area contributed by atoms with E-state index in [1.54, 1.807) is 6.07 Å². The SMILES string of the molecule is COC(=O)C(NC1CCCC1)c1cc(F)ccc1C. The van der Waals surface area contributed by atoms with E-state index in [9.17, 15) is 9.18 Å². The van der Waals surface area contributed by atoms with Crippen LogP contribution in [0.3, 0.4) is 0 Å². The largest absolute Gasteiger partial charge is 0.468 e. The Morgan fingerprint density at radius 3 is 2.74 bits per heavy atom. The second-order valence-corrected chi connectivity index (χ2v) is 5.11. The quantitative estimate of drug-likeness (QED) is 0.851. The van der Waals surface area contributed by atoms with Crippen LogP contribution in [0.2, 0.25) is 0 Å². The van der Waals surface area contributed by atoms with E-state index in [1.165, 1.54) is 32.1 Å². The zero-order valence-corrected chi connectivity index (χ0v) is 11.4. The second-order valence-electron chi connectivity index (χ2n) is 5.11. The molecule has 1 aliphatic rings. The van der Waals surface area contributed by atoms with E-state index >= 15 is 0 Å². The van der Waals surface area contributed by atoms with Crippen molar-refractivity contribution >= 4 is 5.97 Å². The molecule has 0 spiro atoms. The number of halogens is 1. The van der Waals surface area contributed by atoms with Crippen molar-refractivity contribution in [2.75, 3.05) is 7.11 Å². The van der Waals surface area contributed by atoms with Crippen LogP contribution in [0.5, 0.6) is 0 Å². The van der Waals surface area contributed by atoms with Crippen molar-refractivity contribution < 1.29 is 13.9 Å². The molecule has 104 valence electrons. The highest BCUT2D eigenvalue weighted by molar-refractivity contribution is 5.78. The summed E-state index contributed by atoms with van der Waals surface area (Å²) in [5, 5.41) is 3.31. The number of aryl methyl sites for hydroxylation is 1. The normalized spacial score (nSPS) is 17.4. The maximum absolute atomic E-state index is 13.4. The molecule has 4 heteroatoms. The van der Waals surface area contributed by atoms with Gasteiger partial charge in [-0.05, 0) is 43.0 Å². The molecule has 0 radical (unpaired) electrons. The zero-order chi connectivity index (χ0) is 13.8. The lowest BCUT2D eigenvalue weighted by molar-refractivity contribution is -0.143. The zero-order valence-electron chi connectivity index (χ0n) is 11.4. The Bertz CT molecular complexity index is 455. The van der Waals surface area contributed by atoms with Gasteiger partial charge < -0.3 is 4.74 Å². The summed E-state index contributed by atoms with van der Waals surface area (Å²) in [4.78, 5) is 12.0. The van der Waals surface area contributed by atoms with E-state index in [-0.39, 0.29) is 11.8 Å². The average Bonchev–Trinajstić information content (AvgIpc) is 2.91. The van der Waals surface area contributed by atoms with Crippen molar-refractivity contribution in [3.63, 3.8) is 0 Å². The summed E-state index contributed by atoms with van der Waals surface area (Å²) < 4.78 is 18.3. The minimum absolute atomic E-state index is 0.312. The van der Waals surface area contributed by atoms with Crippen molar-refractivity contribution in [2.45, 2.75) is 44.7 Å². The molecule has 1 aliphatic carbocycles. The predicted molar refractivity (Wildman–Crippen MR) is 71.3 cm³/mol. The fraction of sp³-hybridized carbons (Fsp3) is 0.533. The Labute approximate surface area is 113 Å². The molecule has 1 N–H and O–H groups in total. The van der Waals surface area contributed by atoms with Crippen LogP contribution >= 0.6 is 0 Å². The monoisotopic (exact) mass is 265 g/mol. The number of hydrogen-bond donors (Lipinski definition) is 1. The maximum atomic E-state index is 13.4. The van der Waals surface area contributed by atoms with Gasteiger partial charge in [0.1, 0.15) is 11.9 Å². The first kappa shape index (κ1) is 14.0. The van der Waals surface area contributed by atoms with Crippen LogP contribution in [-0.2, 0) is 9.53 Å². The highest BCUT2D eigenvalue weighted by Gasteiger charge is 2.27. The van der Waals surface area contributed by atoms with E-state index in [0.29, 0.717) is 11.6 Å². The predicted octanol–water partition coefficient (Wildman–Crippen LogP) is 2.88. The summed E-state index contributed by atoms with van der Waals surface area (Å²) in [6, 6.07) is 4.24. The molecule has 2 rings (SSSR count). The third-order valence-corrected chi connectivity index (χ3v) is 3.75. The van der Waals surface area contributed by atoms with Gasteiger partial charge in [0.2, 0.25) is 0 Å². The fourth-order valence-electron chi connectivity index (χ4n) is 2.65.